The van der Waals surface area contributed by atoms with Gasteiger partial charge in [-0.1, -0.05) is 0 Å². The smallest absolute Gasteiger partial charge is 1.00 e. The van der Waals surface area contributed by atoms with Gasteiger partial charge in [-0.15, -0.1) is 0 Å². The zero-order valence-electron chi connectivity index (χ0n) is 13.8. The number of allylic oxidation sites excluding steroid dienone is 5. The number of fused-ring (bicyclic) bond motifs is 1. The van der Waals surface area contributed by atoms with Gasteiger partial charge >= 0.3 is 144 Å². The van der Waals surface area contributed by atoms with Gasteiger partial charge < -0.3 is 24.8 Å². The van der Waals surface area contributed by atoms with Crippen LogP contribution < -0.4 is 24.8 Å². The van der Waals surface area contributed by atoms with Crippen molar-refractivity contribution >= 4 is 11.8 Å². The van der Waals surface area contributed by atoms with Crippen LogP contribution >= 0.6 is 0 Å². The third-order valence-corrected chi connectivity index (χ3v) is 8.46. The molecular formula is C20H19Cl2NZr. The Labute approximate surface area is 167 Å². The van der Waals surface area contributed by atoms with E-state index in [1.54, 1.807) is 8.84 Å². The molecule has 24 heavy (non-hydrogen) atoms. The monoisotopic (exact) mass is 433 g/mol. The second-order valence-electron chi connectivity index (χ2n) is 6.13. The van der Waals surface area contributed by atoms with E-state index < -0.39 is 23.2 Å². The van der Waals surface area contributed by atoms with E-state index in [-0.39, 0.29) is 24.8 Å². The molecule has 122 valence electrons. The van der Waals surface area contributed by atoms with Gasteiger partial charge in [-0.2, -0.15) is 0 Å². The van der Waals surface area contributed by atoms with Crippen LogP contribution in [0.2, 0.25) is 0 Å². The fourth-order valence-electron chi connectivity index (χ4n) is 3.43. The molecule has 1 heterocycles. The number of hydrogen-bond acceptors (Lipinski definition) is 0. The Balaban J connectivity index is 0.00000104. The average molecular weight is 436 g/mol. The molecule has 1 aromatic carbocycles. The van der Waals surface area contributed by atoms with Crippen LogP contribution in [0.1, 0.15) is 32.4 Å². The quantitative estimate of drug-likeness (QED) is 0.589. The molecule has 4 rings (SSSR count). The molecule has 0 aliphatic heterocycles. The maximum absolute atomic E-state index is 2.42. The normalized spacial score (nSPS) is 17.3. The van der Waals surface area contributed by atoms with Crippen LogP contribution in [-0.4, -0.2) is 4.57 Å². The Morgan fingerprint density at radius 3 is 2.58 bits per heavy atom. The summed E-state index contributed by atoms with van der Waals surface area (Å²) in [6, 6.07) is 11.2. The molecular weight excluding hydrogens is 416 g/mol. The number of aryl methyl sites for hydroxylation is 2. The van der Waals surface area contributed by atoms with Crippen LogP contribution in [0.25, 0.3) is 11.8 Å². The maximum atomic E-state index is 2.42. The average Bonchev–Trinajstić information content (AvgIpc) is 3.20. The first-order valence-electron chi connectivity index (χ1n) is 7.81. The first-order chi connectivity index (χ1) is 10.7. The molecule has 2 aliphatic carbocycles. The minimum atomic E-state index is -0.658. The molecule has 1 aromatic heterocycles. The molecule has 4 heteroatoms. The fraction of sp³-hybridized carbons (Fsp3) is 0.200. The Morgan fingerprint density at radius 1 is 1.12 bits per heavy atom. The van der Waals surface area contributed by atoms with Gasteiger partial charge in [-0.25, -0.2) is 0 Å². The number of halogens is 2. The van der Waals surface area contributed by atoms with E-state index in [4.69, 9.17) is 0 Å². The van der Waals surface area contributed by atoms with Gasteiger partial charge in [0.2, 0.25) is 0 Å². The van der Waals surface area contributed by atoms with Crippen LogP contribution in [0.5, 0.6) is 0 Å². The van der Waals surface area contributed by atoms with E-state index in [1.165, 1.54) is 28.9 Å². The minimum absolute atomic E-state index is 0. The summed E-state index contributed by atoms with van der Waals surface area (Å²) in [5, 5.41) is 0. The van der Waals surface area contributed by atoms with Crippen molar-refractivity contribution in [1.29, 1.82) is 0 Å². The molecule has 1 atom stereocenters. The van der Waals surface area contributed by atoms with Gasteiger partial charge in [0, 0.05) is 0 Å². The van der Waals surface area contributed by atoms with Crippen LogP contribution in [0.3, 0.4) is 0 Å². The molecule has 1 nitrogen and oxygen atoms in total. The summed E-state index contributed by atoms with van der Waals surface area (Å²) in [5.41, 5.74) is 7.15. The van der Waals surface area contributed by atoms with Gasteiger partial charge in [0.15, 0.2) is 0 Å². The predicted molar refractivity (Wildman–Crippen MR) is 89.1 cm³/mol. The van der Waals surface area contributed by atoms with Crippen LogP contribution in [0.4, 0.5) is 0 Å². The molecule has 1 unspecified atom stereocenters. The maximum Gasteiger partial charge on any atom is -1.00 e. The topological polar surface area (TPSA) is 4.93 Å². The van der Waals surface area contributed by atoms with Crippen molar-refractivity contribution < 1.29 is 48.0 Å². The number of hydrogen-bond donors (Lipinski definition) is 0. The number of benzene rings is 1. The van der Waals surface area contributed by atoms with Crippen molar-refractivity contribution in [2.45, 2.75) is 23.9 Å². The zero-order valence-corrected chi connectivity index (χ0v) is 17.7. The number of rotatable bonds is 3. The molecule has 0 radical (unpaired) electrons. The molecule has 0 bridgehead atoms. The molecule has 0 fully saturated rings. The largest absolute Gasteiger partial charge is 1.00 e. The Bertz CT molecular complexity index is 830. The van der Waals surface area contributed by atoms with E-state index in [0.717, 1.165) is 0 Å². The SMILES string of the molecule is Cc1cc(C)n(C2=Cc3ccccc3[CH]2[Zr+2][C]2=CC=CC2)c1.[Cl-].[Cl-]. The van der Waals surface area contributed by atoms with Crippen molar-refractivity contribution in [2.75, 3.05) is 0 Å². The second kappa shape index (κ2) is 8.04. The van der Waals surface area contributed by atoms with Gasteiger partial charge in [0.25, 0.3) is 0 Å². The van der Waals surface area contributed by atoms with Crippen molar-refractivity contribution in [1.82, 2.24) is 4.57 Å². The third-order valence-electron chi connectivity index (χ3n) is 4.43. The van der Waals surface area contributed by atoms with Gasteiger partial charge in [0.1, 0.15) is 0 Å². The first kappa shape index (κ1) is 19.5. The summed E-state index contributed by atoms with van der Waals surface area (Å²) in [6.45, 7) is 4.40. The molecule has 2 aliphatic rings. The van der Waals surface area contributed by atoms with E-state index in [2.05, 4.69) is 79.2 Å². The van der Waals surface area contributed by atoms with Crippen LogP contribution in [-0.2, 0) is 23.2 Å². The predicted octanol–water partition coefficient (Wildman–Crippen LogP) is -0.908. The standard InChI is InChI=1S/C15H14N.C5H5.2ClH.Zr/c1-11-7-12(2)16(10-11)15-8-13-5-3-4-6-14(13)9-15;1-2-4-5-3-1;;;/h3-10H,1-2H3;1-3H,4H2;2*1H;/q;;;;+2/p-2. The van der Waals surface area contributed by atoms with Gasteiger partial charge in [-0.05, 0) is 0 Å². The summed E-state index contributed by atoms with van der Waals surface area (Å²) >= 11 is -0.658. The van der Waals surface area contributed by atoms with Gasteiger partial charge in [-0.3, -0.25) is 0 Å². The summed E-state index contributed by atoms with van der Waals surface area (Å²) in [6.07, 6.45) is 12.8. The van der Waals surface area contributed by atoms with E-state index in [1.807, 2.05) is 0 Å². The molecule has 2 aromatic rings. The molecule has 0 spiro atoms. The summed E-state index contributed by atoms with van der Waals surface area (Å²) in [4.78, 5) is 0. The third kappa shape index (κ3) is 3.57. The van der Waals surface area contributed by atoms with Crippen molar-refractivity contribution in [3.63, 3.8) is 0 Å². The van der Waals surface area contributed by atoms with Gasteiger partial charge in [0.05, 0.1) is 0 Å². The number of aromatic nitrogens is 1. The summed E-state index contributed by atoms with van der Waals surface area (Å²) in [7, 11) is 0. The first-order valence-corrected chi connectivity index (χ1v) is 10.5. The minimum Gasteiger partial charge on any atom is -1.00 e. The fourth-order valence-corrected chi connectivity index (χ4v) is 7.33. The molecule has 0 N–H and O–H groups in total. The van der Waals surface area contributed by atoms with E-state index in [9.17, 15) is 0 Å². The Kier molecular flexibility index (Phi) is 6.54. The van der Waals surface area contributed by atoms with E-state index in [0.29, 0.717) is 3.63 Å². The summed E-state index contributed by atoms with van der Waals surface area (Å²) < 4.78 is 4.76. The van der Waals surface area contributed by atoms with Crippen LogP contribution in [0, 0.1) is 13.8 Å². The molecule has 0 saturated carbocycles. The van der Waals surface area contributed by atoms with Crippen molar-refractivity contribution in [3.8, 4) is 0 Å². The molecule has 0 saturated heterocycles. The van der Waals surface area contributed by atoms with E-state index >= 15 is 0 Å². The Morgan fingerprint density at radius 2 is 1.92 bits per heavy atom. The Hall–Kier alpha value is -0.817. The van der Waals surface area contributed by atoms with Crippen LogP contribution in [0.15, 0.2) is 58.0 Å². The zero-order chi connectivity index (χ0) is 15.1. The number of nitrogens with zero attached hydrogens (tertiary/aromatic N) is 1. The molecule has 0 amide bonds. The van der Waals surface area contributed by atoms with Crippen molar-refractivity contribution in [3.05, 3.63) is 80.4 Å². The second-order valence-corrected chi connectivity index (χ2v) is 9.84. The summed E-state index contributed by atoms with van der Waals surface area (Å²) in [5.74, 6) is 0. The van der Waals surface area contributed by atoms with Crippen molar-refractivity contribution in [2.24, 2.45) is 0 Å².